The summed E-state index contributed by atoms with van der Waals surface area (Å²) in [5.41, 5.74) is -0.264. The van der Waals surface area contributed by atoms with Gasteiger partial charge in [0.1, 0.15) is 5.69 Å². The van der Waals surface area contributed by atoms with Crippen LogP contribution in [0.15, 0.2) is 12.3 Å². The number of aliphatic hydroxyl groups is 1. The number of piperidine rings is 1. The van der Waals surface area contributed by atoms with E-state index in [1.54, 1.807) is 24.1 Å². The van der Waals surface area contributed by atoms with Crippen molar-refractivity contribution in [2.45, 2.75) is 50.7 Å². The molecule has 0 radical (unpaired) electrons. The van der Waals surface area contributed by atoms with E-state index in [1.165, 1.54) is 0 Å². The molecule has 0 unspecified atom stereocenters. The van der Waals surface area contributed by atoms with Crippen molar-refractivity contribution in [3.05, 3.63) is 18.0 Å². The van der Waals surface area contributed by atoms with E-state index in [0.29, 0.717) is 38.2 Å². The van der Waals surface area contributed by atoms with Crippen molar-refractivity contribution in [3.8, 4) is 0 Å². The molecule has 2 fully saturated rings. The number of hydrogen-bond acceptors (Lipinski definition) is 5. The summed E-state index contributed by atoms with van der Waals surface area (Å²) in [5, 5.41) is 20.6. The van der Waals surface area contributed by atoms with Crippen LogP contribution in [0.4, 0.5) is 0 Å². The summed E-state index contributed by atoms with van der Waals surface area (Å²) in [6, 6.07) is 1.92. The van der Waals surface area contributed by atoms with Gasteiger partial charge in [-0.2, -0.15) is 5.10 Å². The topological polar surface area (TPSA) is 102 Å². The third-order valence-corrected chi connectivity index (χ3v) is 5.45. The fourth-order valence-corrected chi connectivity index (χ4v) is 4.02. The van der Waals surface area contributed by atoms with Gasteiger partial charge in [0.25, 0.3) is 5.91 Å². The second-order valence-electron chi connectivity index (χ2n) is 7.59. The molecule has 0 spiro atoms. The third kappa shape index (κ3) is 4.82. The lowest BCUT2D eigenvalue weighted by Crippen LogP contribution is -2.50. The molecular weight excluding hydrogens is 334 g/mol. The van der Waals surface area contributed by atoms with Gasteiger partial charge in [0.15, 0.2) is 0 Å². The van der Waals surface area contributed by atoms with Crippen LogP contribution in [-0.4, -0.2) is 81.3 Å². The number of rotatable bonds is 4. The lowest BCUT2D eigenvalue weighted by molar-refractivity contribution is -0.120. The lowest BCUT2D eigenvalue weighted by Gasteiger charge is -2.38. The minimum absolute atomic E-state index is 0.0212. The van der Waals surface area contributed by atoms with Crippen molar-refractivity contribution in [2.75, 3.05) is 32.7 Å². The van der Waals surface area contributed by atoms with E-state index in [9.17, 15) is 14.7 Å². The maximum atomic E-state index is 12.5. The van der Waals surface area contributed by atoms with Gasteiger partial charge in [-0.05, 0) is 38.2 Å². The van der Waals surface area contributed by atoms with E-state index in [1.807, 2.05) is 0 Å². The SMILES string of the molecule is CC(=O)NC1CCN(C[C@]2(O)CCCN(C(=O)c3ccn[nH]3)CC2)CC1. The maximum absolute atomic E-state index is 12.5. The van der Waals surface area contributed by atoms with Crippen molar-refractivity contribution >= 4 is 11.8 Å². The molecule has 3 heterocycles. The fraction of sp³-hybridized carbons (Fsp3) is 0.722. The highest BCUT2D eigenvalue weighted by Crippen LogP contribution is 2.25. The van der Waals surface area contributed by atoms with Crippen LogP contribution in [0.5, 0.6) is 0 Å². The Morgan fingerprint density at radius 1 is 1.31 bits per heavy atom. The Bertz CT molecular complexity index is 612. The highest BCUT2D eigenvalue weighted by molar-refractivity contribution is 5.92. The molecule has 26 heavy (non-hydrogen) atoms. The number of amides is 2. The zero-order valence-corrected chi connectivity index (χ0v) is 15.4. The van der Waals surface area contributed by atoms with Gasteiger partial charge in [-0.1, -0.05) is 0 Å². The molecule has 0 saturated carbocycles. The predicted molar refractivity (Wildman–Crippen MR) is 96.6 cm³/mol. The van der Waals surface area contributed by atoms with E-state index in [0.717, 1.165) is 32.4 Å². The molecular formula is C18H29N5O3. The number of aromatic amines is 1. The van der Waals surface area contributed by atoms with Crippen molar-refractivity contribution < 1.29 is 14.7 Å². The predicted octanol–water partition coefficient (Wildman–Crippen LogP) is 0.367. The summed E-state index contributed by atoms with van der Waals surface area (Å²) in [4.78, 5) is 27.7. The number of hydrogen-bond donors (Lipinski definition) is 3. The molecule has 0 aromatic carbocycles. The fourth-order valence-electron chi connectivity index (χ4n) is 4.02. The molecule has 0 bridgehead atoms. The number of nitrogens with zero attached hydrogens (tertiary/aromatic N) is 3. The number of aromatic nitrogens is 2. The van der Waals surface area contributed by atoms with Crippen LogP contribution in [0, 0.1) is 0 Å². The minimum atomic E-state index is -0.760. The summed E-state index contributed by atoms with van der Waals surface area (Å²) in [6.07, 6.45) is 5.48. The van der Waals surface area contributed by atoms with E-state index in [-0.39, 0.29) is 17.9 Å². The van der Waals surface area contributed by atoms with Gasteiger partial charge in [0.05, 0.1) is 5.60 Å². The molecule has 8 nitrogen and oxygen atoms in total. The molecule has 3 N–H and O–H groups in total. The molecule has 2 aliphatic heterocycles. The van der Waals surface area contributed by atoms with E-state index < -0.39 is 5.60 Å². The number of β-amino-alcohol motifs (C(OH)–C–C–N with tert-alkyl or cyclic N) is 1. The second kappa shape index (κ2) is 8.18. The number of nitrogens with one attached hydrogen (secondary N) is 2. The standard InChI is InChI=1S/C18H29N5O3/c1-14(24)20-15-4-10-22(11-5-15)13-18(26)6-2-9-23(12-7-18)17(25)16-3-8-19-21-16/h3,8,15,26H,2,4-7,9-13H2,1H3,(H,19,21)(H,20,24)/t18-/m0/s1. The van der Waals surface area contributed by atoms with E-state index in [4.69, 9.17) is 0 Å². The monoisotopic (exact) mass is 363 g/mol. The molecule has 8 heteroatoms. The summed E-state index contributed by atoms with van der Waals surface area (Å²) in [5.74, 6) is -0.0317. The molecule has 144 valence electrons. The number of likely N-dealkylation sites (tertiary alicyclic amines) is 2. The Labute approximate surface area is 153 Å². The van der Waals surface area contributed by atoms with Crippen LogP contribution >= 0.6 is 0 Å². The first-order valence-electron chi connectivity index (χ1n) is 9.46. The van der Waals surface area contributed by atoms with Gasteiger partial charge in [0.2, 0.25) is 5.91 Å². The molecule has 2 aliphatic rings. The number of H-pyrrole nitrogens is 1. The number of carbonyl (C=O) groups excluding carboxylic acids is 2. The molecule has 3 rings (SSSR count). The average Bonchev–Trinajstić information content (AvgIpc) is 3.06. The van der Waals surface area contributed by atoms with Crippen LogP contribution in [0.2, 0.25) is 0 Å². The number of carbonyl (C=O) groups is 2. The zero-order chi connectivity index (χ0) is 18.6. The first-order valence-corrected chi connectivity index (χ1v) is 9.46. The van der Waals surface area contributed by atoms with Crippen LogP contribution in [0.25, 0.3) is 0 Å². The molecule has 1 aromatic heterocycles. The van der Waals surface area contributed by atoms with Crippen molar-refractivity contribution in [1.82, 2.24) is 25.3 Å². The van der Waals surface area contributed by atoms with Crippen molar-refractivity contribution in [1.29, 1.82) is 0 Å². The van der Waals surface area contributed by atoms with Crippen molar-refractivity contribution in [3.63, 3.8) is 0 Å². The summed E-state index contributed by atoms with van der Waals surface area (Å²) >= 11 is 0. The third-order valence-electron chi connectivity index (χ3n) is 5.45. The lowest BCUT2D eigenvalue weighted by atomic mass is 9.93. The van der Waals surface area contributed by atoms with Crippen molar-refractivity contribution in [2.24, 2.45) is 0 Å². The molecule has 1 atom stereocenters. The smallest absolute Gasteiger partial charge is 0.271 e. The van der Waals surface area contributed by atoms with Crippen LogP contribution in [0.1, 0.15) is 49.5 Å². The first kappa shape index (κ1) is 18.8. The molecule has 0 aliphatic carbocycles. The Morgan fingerprint density at radius 3 is 2.73 bits per heavy atom. The maximum Gasteiger partial charge on any atom is 0.271 e. The Balaban J connectivity index is 1.50. The normalized spacial score (nSPS) is 25.7. The van der Waals surface area contributed by atoms with Gasteiger partial charge >= 0.3 is 0 Å². The summed E-state index contributed by atoms with van der Waals surface area (Å²) in [7, 11) is 0. The quantitative estimate of drug-likeness (QED) is 0.717. The van der Waals surface area contributed by atoms with Crippen LogP contribution in [-0.2, 0) is 4.79 Å². The molecule has 1 aromatic rings. The molecule has 2 saturated heterocycles. The highest BCUT2D eigenvalue weighted by Gasteiger charge is 2.34. The Kier molecular flexibility index (Phi) is 5.93. The molecule has 2 amide bonds. The summed E-state index contributed by atoms with van der Waals surface area (Å²) < 4.78 is 0. The van der Waals surface area contributed by atoms with Gasteiger partial charge in [-0.15, -0.1) is 0 Å². The Morgan fingerprint density at radius 2 is 2.08 bits per heavy atom. The van der Waals surface area contributed by atoms with Gasteiger partial charge in [-0.25, -0.2) is 0 Å². The largest absolute Gasteiger partial charge is 0.388 e. The van der Waals surface area contributed by atoms with E-state index >= 15 is 0 Å². The van der Waals surface area contributed by atoms with Gasteiger partial charge in [0, 0.05) is 51.9 Å². The van der Waals surface area contributed by atoms with Gasteiger partial charge in [-0.3, -0.25) is 14.7 Å². The highest BCUT2D eigenvalue weighted by atomic mass is 16.3. The Hall–Kier alpha value is -1.93. The second-order valence-corrected chi connectivity index (χ2v) is 7.59. The minimum Gasteiger partial charge on any atom is -0.388 e. The first-order chi connectivity index (χ1) is 12.5. The zero-order valence-electron chi connectivity index (χ0n) is 15.4. The van der Waals surface area contributed by atoms with Crippen LogP contribution in [0.3, 0.4) is 0 Å². The van der Waals surface area contributed by atoms with E-state index in [2.05, 4.69) is 20.4 Å². The summed E-state index contributed by atoms with van der Waals surface area (Å²) in [6.45, 7) is 5.15. The van der Waals surface area contributed by atoms with Crippen LogP contribution < -0.4 is 5.32 Å². The average molecular weight is 363 g/mol. The van der Waals surface area contributed by atoms with Gasteiger partial charge < -0.3 is 20.2 Å².